The Bertz CT molecular complexity index is 898. The number of Topliss-reactive ketones (excluding diaryl/α,β-unsaturated/α-hetero) is 1. The SMILES string of the molecule is COCCn1c(CC(=O)C2CC23CCNCC3)nc2ccc(C(=O)OC)cc21. The topological polar surface area (TPSA) is 82.5 Å². The van der Waals surface area contributed by atoms with Gasteiger partial charge in [-0.2, -0.15) is 0 Å². The molecular weight excluding hydrogens is 358 g/mol. The van der Waals surface area contributed by atoms with Gasteiger partial charge in [0.1, 0.15) is 11.6 Å². The largest absolute Gasteiger partial charge is 0.465 e. The molecule has 150 valence electrons. The molecule has 0 amide bonds. The van der Waals surface area contributed by atoms with Crippen molar-refractivity contribution in [1.29, 1.82) is 0 Å². The molecule has 0 radical (unpaired) electrons. The van der Waals surface area contributed by atoms with Gasteiger partial charge in [0.25, 0.3) is 0 Å². The summed E-state index contributed by atoms with van der Waals surface area (Å²) in [5.41, 5.74) is 2.31. The van der Waals surface area contributed by atoms with Crippen molar-refractivity contribution >= 4 is 22.8 Å². The van der Waals surface area contributed by atoms with Gasteiger partial charge < -0.3 is 19.4 Å². The van der Waals surface area contributed by atoms with Crippen molar-refractivity contribution in [2.75, 3.05) is 33.9 Å². The van der Waals surface area contributed by atoms with Crippen LogP contribution in [0, 0.1) is 11.3 Å². The van der Waals surface area contributed by atoms with Gasteiger partial charge in [-0.1, -0.05) is 0 Å². The lowest BCUT2D eigenvalue weighted by molar-refractivity contribution is -0.120. The van der Waals surface area contributed by atoms with Gasteiger partial charge in [-0.25, -0.2) is 9.78 Å². The Balaban J connectivity index is 1.60. The highest BCUT2D eigenvalue weighted by Gasteiger charge is 2.57. The minimum absolute atomic E-state index is 0.163. The highest BCUT2D eigenvalue weighted by molar-refractivity contribution is 5.94. The second-order valence-corrected chi connectivity index (χ2v) is 7.88. The summed E-state index contributed by atoms with van der Waals surface area (Å²) in [6, 6.07) is 5.30. The zero-order chi connectivity index (χ0) is 19.7. The number of aromatic nitrogens is 2. The number of carbonyl (C=O) groups excluding carboxylic acids is 2. The lowest BCUT2D eigenvalue weighted by Gasteiger charge is -2.23. The van der Waals surface area contributed by atoms with Gasteiger partial charge in [-0.05, 0) is 56.0 Å². The predicted octanol–water partition coefficient (Wildman–Crippen LogP) is 1.97. The number of piperidine rings is 1. The maximum atomic E-state index is 13.0. The van der Waals surface area contributed by atoms with Crippen LogP contribution in [0.2, 0.25) is 0 Å². The molecule has 2 heterocycles. The Morgan fingerprint density at radius 3 is 2.79 bits per heavy atom. The standard InChI is InChI=1S/C21H27N3O4/c1-27-10-9-24-17-11-14(20(26)28-2)3-4-16(17)23-19(24)12-18(25)15-13-21(15)5-7-22-8-6-21/h3-4,11,15,22H,5-10,12-13H2,1-2H3. The van der Waals surface area contributed by atoms with E-state index in [2.05, 4.69) is 5.32 Å². The molecule has 4 rings (SSSR count). The van der Waals surface area contributed by atoms with Gasteiger partial charge in [0.15, 0.2) is 0 Å². The molecule has 1 N–H and O–H groups in total. The summed E-state index contributed by atoms with van der Waals surface area (Å²) in [5.74, 6) is 0.805. The van der Waals surface area contributed by atoms with Crippen LogP contribution in [-0.4, -0.2) is 55.2 Å². The van der Waals surface area contributed by atoms with E-state index in [0.29, 0.717) is 25.1 Å². The molecule has 1 aliphatic heterocycles. The summed E-state index contributed by atoms with van der Waals surface area (Å²) >= 11 is 0. The van der Waals surface area contributed by atoms with Crippen LogP contribution in [0.25, 0.3) is 11.0 Å². The number of esters is 1. The van der Waals surface area contributed by atoms with E-state index in [1.807, 2.05) is 10.6 Å². The number of ketones is 1. The zero-order valence-electron chi connectivity index (χ0n) is 16.5. The average molecular weight is 385 g/mol. The lowest BCUT2D eigenvalue weighted by Crippen LogP contribution is -2.31. The lowest BCUT2D eigenvalue weighted by atomic mass is 9.90. The molecule has 2 fully saturated rings. The summed E-state index contributed by atoms with van der Waals surface area (Å²) in [5, 5.41) is 3.38. The van der Waals surface area contributed by atoms with E-state index < -0.39 is 0 Å². The third-order valence-electron chi connectivity index (χ3n) is 6.28. The molecule has 7 heteroatoms. The predicted molar refractivity (Wildman–Crippen MR) is 104 cm³/mol. The normalized spacial score (nSPS) is 20.4. The molecular formula is C21H27N3O4. The molecule has 7 nitrogen and oxygen atoms in total. The van der Waals surface area contributed by atoms with Crippen LogP contribution in [0.4, 0.5) is 0 Å². The van der Waals surface area contributed by atoms with E-state index in [0.717, 1.165) is 49.2 Å². The van der Waals surface area contributed by atoms with Crippen molar-refractivity contribution in [3.63, 3.8) is 0 Å². The van der Waals surface area contributed by atoms with Gasteiger partial charge in [0.05, 0.1) is 36.7 Å². The van der Waals surface area contributed by atoms with Crippen LogP contribution in [0.1, 0.15) is 35.4 Å². The molecule has 1 saturated heterocycles. The Kier molecular flexibility index (Phi) is 5.21. The molecule has 1 aromatic heterocycles. The first kappa shape index (κ1) is 19.1. The van der Waals surface area contributed by atoms with Crippen LogP contribution in [0.3, 0.4) is 0 Å². The van der Waals surface area contributed by atoms with E-state index in [-0.39, 0.29) is 23.1 Å². The number of nitrogens with zero attached hydrogens (tertiary/aromatic N) is 2. The molecule has 2 aromatic rings. The van der Waals surface area contributed by atoms with Crippen LogP contribution in [0.5, 0.6) is 0 Å². The van der Waals surface area contributed by atoms with Gasteiger partial charge in [-0.15, -0.1) is 0 Å². The molecule has 1 aromatic carbocycles. The van der Waals surface area contributed by atoms with Crippen LogP contribution < -0.4 is 5.32 Å². The minimum atomic E-state index is -0.384. The van der Waals surface area contributed by atoms with Crippen molar-refractivity contribution in [2.45, 2.75) is 32.2 Å². The number of methoxy groups -OCH3 is 2. The maximum absolute atomic E-state index is 13.0. The monoisotopic (exact) mass is 385 g/mol. The number of benzene rings is 1. The van der Waals surface area contributed by atoms with Gasteiger partial charge in [0, 0.05) is 19.6 Å². The highest BCUT2D eigenvalue weighted by atomic mass is 16.5. The molecule has 1 spiro atoms. The van der Waals surface area contributed by atoms with E-state index in [1.165, 1.54) is 7.11 Å². The van der Waals surface area contributed by atoms with Crippen LogP contribution >= 0.6 is 0 Å². The maximum Gasteiger partial charge on any atom is 0.337 e. The number of nitrogens with one attached hydrogen (secondary N) is 1. The fraction of sp³-hybridized carbons (Fsp3) is 0.571. The molecule has 0 bridgehead atoms. The second kappa shape index (κ2) is 7.64. The number of fused-ring (bicyclic) bond motifs is 1. The van der Waals surface area contributed by atoms with Crippen LogP contribution in [-0.2, 0) is 27.2 Å². The Morgan fingerprint density at radius 1 is 1.29 bits per heavy atom. The van der Waals surface area contributed by atoms with Crippen LogP contribution in [0.15, 0.2) is 18.2 Å². The number of carbonyl (C=O) groups is 2. The number of hydrogen-bond acceptors (Lipinski definition) is 6. The van der Waals surface area contributed by atoms with Gasteiger partial charge in [0.2, 0.25) is 0 Å². The minimum Gasteiger partial charge on any atom is -0.465 e. The quantitative estimate of drug-likeness (QED) is 0.734. The van der Waals surface area contributed by atoms with E-state index in [1.54, 1.807) is 19.2 Å². The Morgan fingerprint density at radius 2 is 2.07 bits per heavy atom. The molecule has 1 atom stereocenters. The van der Waals surface area contributed by atoms with Crippen molar-refractivity contribution < 1.29 is 19.1 Å². The average Bonchev–Trinajstić information content (AvgIpc) is 3.30. The molecule has 28 heavy (non-hydrogen) atoms. The number of hydrogen-bond donors (Lipinski definition) is 1. The third kappa shape index (κ3) is 3.44. The molecule has 1 saturated carbocycles. The highest BCUT2D eigenvalue weighted by Crippen LogP contribution is 2.59. The molecule has 2 aliphatic rings. The first-order valence-electron chi connectivity index (χ1n) is 9.88. The van der Waals surface area contributed by atoms with Gasteiger partial charge in [-0.3, -0.25) is 4.79 Å². The van der Waals surface area contributed by atoms with Crippen molar-refractivity contribution in [3.05, 3.63) is 29.6 Å². The van der Waals surface area contributed by atoms with Crippen molar-refractivity contribution in [2.24, 2.45) is 11.3 Å². The summed E-state index contributed by atoms with van der Waals surface area (Å²) < 4.78 is 12.1. The van der Waals surface area contributed by atoms with E-state index in [9.17, 15) is 9.59 Å². The summed E-state index contributed by atoms with van der Waals surface area (Å²) in [6.45, 7) is 3.10. The van der Waals surface area contributed by atoms with Crippen molar-refractivity contribution in [3.8, 4) is 0 Å². The summed E-state index contributed by atoms with van der Waals surface area (Å²) in [6.07, 6.45) is 3.52. The number of imidazole rings is 1. The van der Waals surface area contributed by atoms with E-state index >= 15 is 0 Å². The number of ether oxygens (including phenoxy) is 2. The third-order valence-corrected chi connectivity index (χ3v) is 6.28. The zero-order valence-corrected chi connectivity index (χ0v) is 16.5. The van der Waals surface area contributed by atoms with E-state index in [4.69, 9.17) is 14.5 Å². The fourth-order valence-electron chi connectivity index (χ4n) is 4.54. The van der Waals surface area contributed by atoms with Crippen molar-refractivity contribution in [1.82, 2.24) is 14.9 Å². The first-order chi connectivity index (χ1) is 13.6. The molecule has 1 unspecified atom stereocenters. The first-order valence-corrected chi connectivity index (χ1v) is 9.88. The fourth-order valence-corrected chi connectivity index (χ4v) is 4.54. The number of rotatable bonds is 7. The Labute approximate surface area is 164 Å². The smallest absolute Gasteiger partial charge is 0.337 e. The second-order valence-electron chi connectivity index (χ2n) is 7.88. The van der Waals surface area contributed by atoms with Gasteiger partial charge >= 0.3 is 5.97 Å². The molecule has 1 aliphatic carbocycles. The summed E-state index contributed by atoms with van der Waals surface area (Å²) in [4.78, 5) is 29.6. The Hall–Kier alpha value is -2.25. The summed E-state index contributed by atoms with van der Waals surface area (Å²) in [7, 11) is 3.01.